The Labute approximate surface area is 138 Å². The molecule has 1 unspecified atom stereocenters. The van der Waals surface area contributed by atoms with Crippen molar-refractivity contribution in [2.45, 2.75) is 38.4 Å². The van der Waals surface area contributed by atoms with Gasteiger partial charge in [0, 0.05) is 23.8 Å². The van der Waals surface area contributed by atoms with Crippen molar-refractivity contribution in [1.82, 2.24) is 23.8 Å². The molecule has 0 aliphatic heterocycles. The first-order chi connectivity index (χ1) is 11.4. The quantitative estimate of drug-likeness (QED) is 0.749. The molecule has 2 aromatic heterocycles. The Kier molecular flexibility index (Phi) is 4.07. The number of aliphatic hydroxyl groups is 1. The molecule has 2 heterocycles. The number of hydrogen-bond acceptors (Lipinski definition) is 6. The summed E-state index contributed by atoms with van der Waals surface area (Å²) in [5, 5.41) is 17.2. The highest BCUT2D eigenvalue weighted by Crippen LogP contribution is 2.30. The van der Waals surface area contributed by atoms with Crippen LogP contribution in [0.5, 0.6) is 0 Å². The normalized spacial score (nSPS) is 17.5. The van der Waals surface area contributed by atoms with Gasteiger partial charge < -0.3 is 10.4 Å². The second-order valence-electron chi connectivity index (χ2n) is 5.87. The maximum absolute atomic E-state index is 9.15. The number of rotatable bonds is 5. The zero-order valence-electron chi connectivity index (χ0n) is 12.8. The SMILES string of the molecule is OCCn1ncc2c1CCCC2NCc1cccc2nsnc12. The Bertz CT molecular complexity index is 812. The lowest BCUT2D eigenvalue weighted by atomic mass is 9.92. The highest BCUT2D eigenvalue weighted by atomic mass is 32.1. The summed E-state index contributed by atoms with van der Waals surface area (Å²) in [5.74, 6) is 0. The molecule has 1 aromatic carbocycles. The van der Waals surface area contributed by atoms with Crippen molar-refractivity contribution in [2.24, 2.45) is 0 Å². The summed E-state index contributed by atoms with van der Waals surface area (Å²) in [5.41, 5.74) is 5.68. The first kappa shape index (κ1) is 14.7. The van der Waals surface area contributed by atoms with Crippen LogP contribution in [0.3, 0.4) is 0 Å². The van der Waals surface area contributed by atoms with E-state index in [0.29, 0.717) is 12.6 Å². The molecule has 7 heteroatoms. The molecule has 0 fully saturated rings. The van der Waals surface area contributed by atoms with Crippen molar-refractivity contribution in [1.29, 1.82) is 0 Å². The van der Waals surface area contributed by atoms with E-state index in [9.17, 15) is 0 Å². The predicted molar refractivity (Wildman–Crippen MR) is 89.2 cm³/mol. The van der Waals surface area contributed by atoms with E-state index >= 15 is 0 Å². The van der Waals surface area contributed by atoms with Crippen molar-refractivity contribution in [3.63, 3.8) is 0 Å². The zero-order valence-corrected chi connectivity index (χ0v) is 13.6. The summed E-state index contributed by atoms with van der Waals surface area (Å²) in [6.45, 7) is 1.48. The minimum absolute atomic E-state index is 0.130. The number of nitrogens with one attached hydrogen (secondary N) is 1. The standard InChI is InChI=1S/C16H19N5OS/c22-8-7-21-15-6-2-4-13(12(15)10-18-21)17-9-11-3-1-5-14-16(11)20-23-19-14/h1,3,5,10,13,17,22H,2,4,6-9H2. The lowest BCUT2D eigenvalue weighted by molar-refractivity contribution is 0.266. The molecule has 1 atom stereocenters. The maximum Gasteiger partial charge on any atom is 0.109 e. The van der Waals surface area contributed by atoms with E-state index < -0.39 is 0 Å². The first-order valence-corrected chi connectivity index (χ1v) is 8.69. The summed E-state index contributed by atoms with van der Waals surface area (Å²) in [4.78, 5) is 0. The minimum atomic E-state index is 0.130. The average molecular weight is 329 g/mol. The van der Waals surface area contributed by atoms with Crippen molar-refractivity contribution in [3.05, 3.63) is 41.2 Å². The lowest BCUT2D eigenvalue weighted by Gasteiger charge is -2.24. The first-order valence-electron chi connectivity index (χ1n) is 7.96. The Hall–Kier alpha value is -1.83. The van der Waals surface area contributed by atoms with Crippen LogP contribution < -0.4 is 5.32 Å². The Morgan fingerprint density at radius 3 is 3.22 bits per heavy atom. The molecule has 0 spiro atoms. The molecule has 0 bridgehead atoms. The third-order valence-corrected chi connectivity index (χ3v) is 5.03. The molecule has 6 nitrogen and oxygen atoms in total. The third kappa shape index (κ3) is 2.75. The van der Waals surface area contributed by atoms with E-state index in [1.54, 1.807) is 0 Å². The molecule has 3 aromatic rings. The molecular weight excluding hydrogens is 310 g/mol. The molecule has 2 N–H and O–H groups in total. The van der Waals surface area contributed by atoms with Gasteiger partial charge in [-0.05, 0) is 30.9 Å². The fourth-order valence-electron chi connectivity index (χ4n) is 3.36. The van der Waals surface area contributed by atoms with Gasteiger partial charge in [0.05, 0.1) is 31.1 Å². The monoisotopic (exact) mass is 329 g/mol. The summed E-state index contributed by atoms with van der Waals surface area (Å²) in [6.07, 6.45) is 5.25. The van der Waals surface area contributed by atoms with Crippen molar-refractivity contribution in [2.75, 3.05) is 6.61 Å². The molecule has 1 aliphatic carbocycles. The predicted octanol–water partition coefficient (Wildman–Crippen LogP) is 2.05. The maximum atomic E-state index is 9.15. The van der Waals surface area contributed by atoms with E-state index in [-0.39, 0.29) is 6.61 Å². The minimum Gasteiger partial charge on any atom is -0.394 e. The smallest absolute Gasteiger partial charge is 0.109 e. The van der Waals surface area contributed by atoms with E-state index in [2.05, 4.69) is 25.2 Å². The summed E-state index contributed by atoms with van der Waals surface area (Å²) in [6, 6.07) is 6.45. The summed E-state index contributed by atoms with van der Waals surface area (Å²) in [7, 11) is 0. The van der Waals surface area contributed by atoms with Gasteiger partial charge in [-0.1, -0.05) is 12.1 Å². The van der Waals surface area contributed by atoms with E-state index in [4.69, 9.17) is 5.11 Å². The fraction of sp³-hybridized carbons (Fsp3) is 0.438. The summed E-state index contributed by atoms with van der Waals surface area (Å²) >= 11 is 1.26. The van der Waals surface area contributed by atoms with Crippen LogP contribution in [-0.4, -0.2) is 30.2 Å². The number of fused-ring (bicyclic) bond motifs is 2. The highest BCUT2D eigenvalue weighted by molar-refractivity contribution is 7.00. The molecule has 1 aliphatic rings. The van der Waals surface area contributed by atoms with Crippen molar-refractivity contribution in [3.8, 4) is 0 Å². The van der Waals surface area contributed by atoms with Crippen molar-refractivity contribution >= 4 is 22.8 Å². The average Bonchev–Trinajstić information content (AvgIpc) is 3.21. The number of hydrogen-bond donors (Lipinski definition) is 2. The van der Waals surface area contributed by atoms with Crippen LogP contribution in [0.4, 0.5) is 0 Å². The van der Waals surface area contributed by atoms with E-state index in [0.717, 1.165) is 36.8 Å². The largest absolute Gasteiger partial charge is 0.394 e. The number of aromatic nitrogens is 4. The molecule has 0 saturated heterocycles. The molecule has 0 radical (unpaired) electrons. The zero-order chi connectivity index (χ0) is 15.6. The number of benzene rings is 1. The third-order valence-electron chi connectivity index (χ3n) is 4.48. The molecule has 23 heavy (non-hydrogen) atoms. The van der Waals surface area contributed by atoms with Gasteiger partial charge in [-0.2, -0.15) is 13.8 Å². The van der Waals surface area contributed by atoms with Crippen LogP contribution in [0.25, 0.3) is 11.0 Å². The van der Waals surface area contributed by atoms with Gasteiger partial charge in [0.1, 0.15) is 11.0 Å². The summed E-state index contributed by atoms with van der Waals surface area (Å²) < 4.78 is 10.6. The second-order valence-corrected chi connectivity index (χ2v) is 6.40. The Morgan fingerprint density at radius 2 is 2.30 bits per heavy atom. The van der Waals surface area contributed by atoms with Gasteiger partial charge >= 0.3 is 0 Å². The van der Waals surface area contributed by atoms with Gasteiger partial charge in [0.2, 0.25) is 0 Å². The van der Waals surface area contributed by atoms with Gasteiger partial charge in [0.15, 0.2) is 0 Å². The van der Waals surface area contributed by atoms with Crippen LogP contribution >= 0.6 is 11.7 Å². The fourth-order valence-corrected chi connectivity index (χ4v) is 3.92. The van der Waals surface area contributed by atoms with Gasteiger partial charge in [-0.3, -0.25) is 4.68 Å². The lowest BCUT2D eigenvalue weighted by Crippen LogP contribution is -2.25. The van der Waals surface area contributed by atoms with Crippen LogP contribution in [0.1, 0.15) is 35.7 Å². The van der Waals surface area contributed by atoms with Gasteiger partial charge in [-0.25, -0.2) is 0 Å². The molecule has 0 saturated carbocycles. The number of nitrogens with zero attached hydrogens (tertiary/aromatic N) is 4. The van der Waals surface area contributed by atoms with Crippen LogP contribution in [-0.2, 0) is 19.5 Å². The van der Waals surface area contributed by atoms with E-state index in [1.807, 2.05) is 23.0 Å². The van der Waals surface area contributed by atoms with Crippen LogP contribution in [0.15, 0.2) is 24.4 Å². The van der Waals surface area contributed by atoms with Crippen molar-refractivity contribution < 1.29 is 5.11 Å². The van der Waals surface area contributed by atoms with Gasteiger partial charge in [-0.15, -0.1) is 0 Å². The van der Waals surface area contributed by atoms with Gasteiger partial charge in [0.25, 0.3) is 0 Å². The molecule has 120 valence electrons. The Morgan fingerprint density at radius 1 is 1.35 bits per heavy atom. The number of aliphatic hydroxyl groups excluding tert-OH is 1. The molecular formula is C16H19N5OS. The highest BCUT2D eigenvalue weighted by Gasteiger charge is 2.23. The van der Waals surface area contributed by atoms with Crippen LogP contribution in [0.2, 0.25) is 0 Å². The molecule has 4 rings (SSSR count). The molecule has 0 amide bonds. The Balaban J connectivity index is 1.53. The van der Waals surface area contributed by atoms with E-state index in [1.165, 1.54) is 28.5 Å². The topological polar surface area (TPSA) is 75.9 Å². The van der Waals surface area contributed by atoms with Crippen LogP contribution in [0, 0.1) is 0 Å². The second kappa shape index (κ2) is 6.35.